The Morgan fingerprint density at radius 1 is 1.30 bits per heavy atom. The number of aromatic nitrogens is 2. The number of benzene rings is 1. The highest BCUT2D eigenvalue weighted by Gasteiger charge is 2.23. The number of hydrogen-bond donors (Lipinski definition) is 1. The maximum atomic E-state index is 12.4. The summed E-state index contributed by atoms with van der Waals surface area (Å²) in [6.45, 7) is 3.78. The van der Waals surface area contributed by atoms with E-state index in [1.54, 1.807) is 27.9 Å². The van der Waals surface area contributed by atoms with Gasteiger partial charge >= 0.3 is 0 Å². The van der Waals surface area contributed by atoms with Crippen molar-refractivity contribution in [2.24, 2.45) is 0 Å². The zero-order valence-corrected chi connectivity index (χ0v) is 16.4. The van der Waals surface area contributed by atoms with Crippen molar-refractivity contribution in [3.63, 3.8) is 0 Å². The zero-order chi connectivity index (χ0) is 18.8. The summed E-state index contributed by atoms with van der Waals surface area (Å²) < 4.78 is 1.64. The van der Waals surface area contributed by atoms with Crippen LogP contribution in [-0.2, 0) is 13.0 Å². The summed E-state index contributed by atoms with van der Waals surface area (Å²) in [6.07, 6.45) is 7.50. The van der Waals surface area contributed by atoms with Gasteiger partial charge in [-0.2, -0.15) is 0 Å². The van der Waals surface area contributed by atoms with E-state index in [4.69, 9.17) is 4.98 Å². The standard InChI is InChI=1S/C21H25N3O2S/c1-15-13-24-20(26)12-17(22-21(24)27-15)14-23-10-3-2-6-18(23)9-8-16-5-4-7-19(25)11-16/h4-5,7,11-13,18,25H,2-3,6,8-10,14H2,1H3. The lowest BCUT2D eigenvalue weighted by atomic mass is 9.95. The molecule has 1 aliphatic heterocycles. The van der Waals surface area contributed by atoms with E-state index < -0.39 is 0 Å². The smallest absolute Gasteiger partial charge is 0.258 e. The van der Waals surface area contributed by atoms with Crippen LogP contribution >= 0.6 is 11.3 Å². The maximum Gasteiger partial charge on any atom is 0.258 e. The Balaban J connectivity index is 1.48. The largest absolute Gasteiger partial charge is 0.508 e. The van der Waals surface area contributed by atoms with Gasteiger partial charge in [-0.15, -0.1) is 11.3 Å². The van der Waals surface area contributed by atoms with Gasteiger partial charge in [0.25, 0.3) is 5.56 Å². The van der Waals surface area contributed by atoms with E-state index in [1.807, 2.05) is 25.3 Å². The van der Waals surface area contributed by atoms with E-state index in [0.717, 1.165) is 41.5 Å². The number of rotatable bonds is 5. The second-order valence-electron chi connectivity index (χ2n) is 7.41. The maximum absolute atomic E-state index is 12.4. The summed E-state index contributed by atoms with van der Waals surface area (Å²) in [7, 11) is 0. The molecule has 1 atom stereocenters. The first-order valence-corrected chi connectivity index (χ1v) is 10.4. The molecule has 0 saturated carbocycles. The topological polar surface area (TPSA) is 57.8 Å². The number of nitrogens with zero attached hydrogens (tertiary/aromatic N) is 3. The molecular weight excluding hydrogens is 358 g/mol. The molecule has 1 saturated heterocycles. The molecule has 0 aliphatic carbocycles. The Labute approximate surface area is 162 Å². The number of aryl methyl sites for hydroxylation is 2. The van der Waals surface area contributed by atoms with Gasteiger partial charge in [-0.05, 0) is 56.8 Å². The molecule has 1 N–H and O–H groups in total. The summed E-state index contributed by atoms with van der Waals surface area (Å²) in [5.41, 5.74) is 2.05. The Bertz CT molecular complexity index is 995. The van der Waals surface area contributed by atoms with Crippen LogP contribution in [0.1, 0.15) is 41.8 Å². The Hall–Kier alpha value is -2.18. The van der Waals surface area contributed by atoms with Gasteiger partial charge in [0.2, 0.25) is 0 Å². The van der Waals surface area contributed by atoms with Crippen molar-refractivity contribution in [3.05, 3.63) is 63.0 Å². The van der Waals surface area contributed by atoms with Crippen molar-refractivity contribution >= 4 is 16.3 Å². The van der Waals surface area contributed by atoms with Gasteiger partial charge in [0.05, 0.1) is 5.69 Å². The summed E-state index contributed by atoms with van der Waals surface area (Å²) in [5.74, 6) is 0.331. The minimum atomic E-state index is 0.00710. The summed E-state index contributed by atoms with van der Waals surface area (Å²) in [5, 5.41) is 9.66. The molecule has 2 aromatic heterocycles. The molecule has 5 nitrogen and oxygen atoms in total. The minimum Gasteiger partial charge on any atom is -0.508 e. The number of aromatic hydroxyl groups is 1. The van der Waals surface area contributed by atoms with Crippen molar-refractivity contribution < 1.29 is 5.11 Å². The van der Waals surface area contributed by atoms with Crippen LogP contribution in [0.3, 0.4) is 0 Å². The van der Waals surface area contributed by atoms with Crippen LogP contribution < -0.4 is 5.56 Å². The van der Waals surface area contributed by atoms with Gasteiger partial charge in [0.1, 0.15) is 5.75 Å². The lowest BCUT2D eigenvalue weighted by Crippen LogP contribution is -2.39. The van der Waals surface area contributed by atoms with E-state index in [9.17, 15) is 9.90 Å². The fourth-order valence-electron chi connectivity index (χ4n) is 3.99. The summed E-state index contributed by atoms with van der Waals surface area (Å²) in [6, 6.07) is 9.71. The minimum absolute atomic E-state index is 0.00710. The molecule has 142 valence electrons. The molecule has 27 heavy (non-hydrogen) atoms. The third kappa shape index (κ3) is 4.22. The number of fused-ring (bicyclic) bond motifs is 1. The van der Waals surface area contributed by atoms with Crippen LogP contribution in [0.4, 0.5) is 0 Å². The number of phenols is 1. The van der Waals surface area contributed by atoms with Crippen molar-refractivity contribution in [1.82, 2.24) is 14.3 Å². The molecule has 1 aromatic carbocycles. The molecule has 1 aliphatic rings. The molecule has 0 bridgehead atoms. The highest BCUT2D eigenvalue weighted by Crippen LogP contribution is 2.24. The van der Waals surface area contributed by atoms with Crippen molar-refractivity contribution in [2.45, 2.75) is 51.6 Å². The van der Waals surface area contributed by atoms with Gasteiger partial charge < -0.3 is 5.11 Å². The van der Waals surface area contributed by atoms with Gasteiger partial charge in [-0.1, -0.05) is 18.6 Å². The molecule has 3 aromatic rings. The number of thiazole rings is 1. The van der Waals surface area contributed by atoms with Crippen molar-refractivity contribution in [2.75, 3.05) is 6.54 Å². The Kier molecular flexibility index (Phi) is 5.27. The molecule has 1 unspecified atom stereocenters. The molecule has 1 fully saturated rings. The molecule has 6 heteroatoms. The average molecular weight is 384 g/mol. The van der Waals surface area contributed by atoms with E-state index in [1.165, 1.54) is 24.8 Å². The summed E-state index contributed by atoms with van der Waals surface area (Å²) >= 11 is 1.56. The van der Waals surface area contributed by atoms with Crippen LogP contribution in [0, 0.1) is 6.92 Å². The second-order valence-corrected chi connectivity index (χ2v) is 8.62. The normalized spacial score (nSPS) is 18.2. The fourth-order valence-corrected chi connectivity index (χ4v) is 4.84. The van der Waals surface area contributed by atoms with Crippen LogP contribution in [0.5, 0.6) is 5.75 Å². The van der Waals surface area contributed by atoms with Crippen molar-refractivity contribution in [1.29, 1.82) is 0 Å². The molecule has 0 radical (unpaired) electrons. The van der Waals surface area contributed by atoms with Crippen LogP contribution in [0.2, 0.25) is 0 Å². The zero-order valence-electron chi connectivity index (χ0n) is 15.6. The monoisotopic (exact) mass is 383 g/mol. The second kappa shape index (κ2) is 7.82. The SMILES string of the molecule is Cc1cn2c(=O)cc(CN3CCCCC3CCc3cccc(O)c3)nc2s1. The molecular formula is C21H25N3O2S. The van der Waals surface area contributed by atoms with Gasteiger partial charge in [0, 0.05) is 29.7 Å². The predicted octanol–water partition coefficient (Wildman–Crippen LogP) is 3.76. The van der Waals surface area contributed by atoms with Gasteiger partial charge in [-0.25, -0.2) is 4.98 Å². The Morgan fingerprint density at radius 3 is 3.04 bits per heavy atom. The third-order valence-corrected chi connectivity index (χ3v) is 6.22. The highest BCUT2D eigenvalue weighted by atomic mass is 32.1. The van der Waals surface area contributed by atoms with E-state index in [0.29, 0.717) is 11.8 Å². The number of hydrogen-bond acceptors (Lipinski definition) is 5. The summed E-state index contributed by atoms with van der Waals surface area (Å²) in [4.78, 5) is 21.4. The van der Waals surface area contributed by atoms with Gasteiger partial charge in [0.15, 0.2) is 4.96 Å². The van der Waals surface area contributed by atoms with Crippen LogP contribution in [-0.4, -0.2) is 32.0 Å². The lowest BCUT2D eigenvalue weighted by Gasteiger charge is -2.35. The molecule has 0 amide bonds. The van der Waals surface area contributed by atoms with Crippen molar-refractivity contribution in [3.8, 4) is 5.75 Å². The van der Waals surface area contributed by atoms with E-state index in [-0.39, 0.29) is 5.56 Å². The van der Waals surface area contributed by atoms with E-state index in [2.05, 4.69) is 11.0 Å². The van der Waals surface area contributed by atoms with Crippen LogP contribution in [0.25, 0.3) is 4.96 Å². The van der Waals surface area contributed by atoms with E-state index >= 15 is 0 Å². The average Bonchev–Trinajstić information content (AvgIpc) is 3.02. The predicted molar refractivity (Wildman–Crippen MR) is 109 cm³/mol. The number of likely N-dealkylation sites (tertiary alicyclic amines) is 1. The first-order chi connectivity index (χ1) is 13.1. The Morgan fingerprint density at radius 2 is 2.19 bits per heavy atom. The highest BCUT2D eigenvalue weighted by molar-refractivity contribution is 7.16. The first-order valence-electron chi connectivity index (χ1n) is 9.59. The number of phenolic OH excluding ortho intramolecular Hbond substituents is 1. The number of piperidine rings is 1. The molecule has 4 rings (SSSR count). The fraction of sp³-hybridized carbons (Fsp3) is 0.429. The third-order valence-electron chi connectivity index (χ3n) is 5.33. The lowest BCUT2D eigenvalue weighted by molar-refractivity contribution is 0.131. The quantitative estimate of drug-likeness (QED) is 0.729. The first kappa shape index (κ1) is 18.2. The van der Waals surface area contributed by atoms with Crippen LogP contribution in [0.15, 0.2) is 41.3 Å². The van der Waals surface area contributed by atoms with Gasteiger partial charge in [-0.3, -0.25) is 14.1 Å². The molecule has 0 spiro atoms. The molecule has 3 heterocycles.